The second kappa shape index (κ2) is 8.14. The molecule has 9 heteroatoms. The molecule has 1 aromatic rings. The first-order valence-electron chi connectivity index (χ1n) is 9.32. The monoisotopic (exact) mass is 392 g/mol. The Hall–Kier alpha value is -2.68. The number of halogens is 1. The fraction of sp³-hybridized carbons (Fsp3) is 0.526. The molecule has 2 aliphatic rings. The standard InChI is InChI=1S/C19H25FN4O4/c1-23(11-13-6-7-15(28-2)14(20)10-13)12-16(25)22-24-17(26)19(21-18(24)27)8-4-3-5-9-19/h6-7,10H,3-5,8-9,11-12H2,1-2H3,(H,21,27)(H,22,25). The average Bonchev–Trinajstić information content (AvgIpc) is 2.86. The van der Waals surface area contributed by atoms with Crippen LogP contribution in [-0.4, -0.2) is 54.0 Å². The molecule has 8 nitrogen and oxygen atoms in total. The van der Waals surface area contributed by atoms with E-state index in [-0.39, 0.29) is 12.3 Å². The molecule has 1 aliphatic heterocycles. The second-order valence-electron chi connectivity index (χ2n) is 7.39. The van der Waals surface area contributed by atoms with Gasteiger partial charge in [-0.1, -0.05) is 25.3 Å². The van der Waals surface area contributed by atoms with E-state index in [9.17, 15) is 18.8 Å². The summed E-state index contributed by atoms with van der Waals surface area (Å²) in [5.74, 6) is -1.22. The molecule has 4 amide bonds. The minimum atomic E-state index is -0.880. The largest absolute Gasteiger partial charge is 0.494 e. The molecule has 1 aliphatic carbocycles. The molecule has 152 valence electrons. The second-order valence-corrected chi connectivity index (χ2v) is 7.39. The van der Waals surface area contributed by atoms with Crippen molar-refractivity contribution in [3.8, 4) is 5.75 Å². The molecule has 1 heterocycles. The molecule has 0 atom stereocenters. The van der Waals surface area contributed by atoms with Crippen LogP contribution in [-0.2, 0) is 16.1 Å². The lowest BCUT2D eigenvalue weighted by atomic mass is 9.82. The van der Waals surface area contributed by atoms with Crippen LogP contribution in [0.4, 0.5) is 9.18 Å². The van der Waals surface area contributed by atoms with Crippen LogP contribution in [0.2, 0.25) is 0 Å². The molecular weight excluding hydrogens is 367 g/mol. The maximum atomic E-state index is 13.8. The minimum absolute atomic E-state index is 0.0578. The topological polar surface area (TPSA) is 91.0 Å². The maximum Gasteiger partial charge on any atom is 0.344 e. The van der Waals surface area contributed by atoms with Crippen LogP contribution >= 0.6 is 0 Å². The normalized spacial score (nSPS) is 18.5. The maximum absolute atomic E-state index is 13.8. The van der Waals surface area contributed by atoms with E-state index in [2.05, 4.69) is 10.7 Å². The van der Waals surface area contributed by atoms with Crippen molar-refractivity contribution in [3.63, 3.8) is 0 Å². The van der Waals surface area contributed by atoms with E-state index in [1.807, 2.05) is 0 Å². The summed E-state index contributed by atoms with van der Waals surface area (Å²) in [6.07, 6.45) is 3.96. The Morgan fingerprint density at radius 3 is 2.68 bits per heavy atom. The van der Waals surface area contributed by atoms with E-state index in [1.54, 1.807) is 18.0 Å². The third-order valence-corrected chi connectivity index (χ3v) is 5.19. The van der Waals surface area contributed by atoms with Crippen molar-refractivity contribution in [1.82, 2.24) is 20.7 Å². The van der Waals surface area contributed by atoms with Gasteiger partial charge in [-0.3, -0.25) is 19.9 Å². The Morgan fingerprint density at radius 1 is 1.32 bits per heavy atom. The van der Waals surface area contributed by atoms with Gasteiger partial charge in [-0.25, -0.2) is 9.18 Å². The molecule has 2 N–H and O–H groups in total. The number of ether oxygens (including phenoxy) is 1. The van der Waals surface area contributed by atoms with Gasteiger partial charge >= 0.3 is 6.03 Å². The lowest BCUT2D eigenvalue weighted by molar-refractivity contribution is -0.140. The number of hydrogen-bond acceptors (Lipinski definition) is 5. The summed E-state index contributed by atoms with van der Waals surface area (Å²) < 4.78 is 18.7. The average molecular weight is 392 g/mol. The molecule has 1 spiro atoms. The van der Waals surface area contributed by atoms with Crippen LogP contribution < -0.4 is 15.5 Å². The molecular formula is C19H25FN4O4. The van der Waals surface area contributed by atoms with Crippen molar-refractivity contribution in [3.05, 3.63) is 29.6 Å². The number of rotatable bonds is 6. The van der Waals surface area contributed by atoms with Gasteiger partial charge in [-0.05, 0) is 37.6 Å². The summed E-state index contributed by atoms with van der Waals surface area (Å²) in [4.78, 5) is 38.8. The lowest BCUT2D eigenvalue weighted by Gasteiger charge is -2.30. The van der Waals surface area contributed by atoms with Gasteiger partial charge in [0.2, 0.25) is 0 Å². The van der Waals surface area contributed by atoms with Crippen molar-refractivity contribution in [2.75, 3.05) is 20.7 Å². The van der Waals surface area contributed by atoms with Gasteiger partial charge in [-0.2, -0.15) is 5.01 Å². The molecule has 1 aromatic carbocycles. The smallest absolute Gasteiger partial charge is 0.344 e. The van der Waals surface area contributed by atoms with Crippen LogP contribution in [0.25, 0.3) is 0 Å². The number of carbonyl (C=O) groups excluding carboxylic acids is 3. The van der Waals surface area contributed by atoms with Gasteiger partial charge < -0.3 is 10.1 Å². The highest BCUT2D eigenvalue weighted by molar-refractivity contribution is 6.08. The Balaban J connectivity index is 1.55. The van der Waals surface area contributed by atoms with E-state index < -0.39 is 29.2 Å². The minimum Gasteiger partial charge on any atom is -0.494 e. The predicted molar refractivity (Wildman–Crippen MR) is 98.6 cm³/mol. The number of nitrogens with zero attached hydrogens (tertiary/aromatic N) is 2. The van der Waals surface area contributed by atoms with Crippen molar-refractivity contribution in [1.29, 1.82) is 0 Å². The van der Waals surface area contributed by atoms with Crippen molar-refractivity contribution in [2.24, 2.45) is 0 Å². The van der Waals surface area contributed by atoms with E-state index in [0.717, 1.165) is 24.3 Å². The zero-order valence-corrected chi connectivity index (χ0v) is 16.1. The van der Waals surface area contributed by atoms with Gasteiger partial charge in [0.25, 0.3) is 11.8 Å². The Bertz CT molecular complexity index is 779. The van der Waals surface area contributed by atoms with Crippen LogP contribution in [0.5, 0.6) is 5.75 Å². The summed E-state index contributed by atoms with van der Waals surface area (Å²) in [6.45, 7) is 0.260. The summed E-state index contributed by atoms with van der Waals surface area (Å²) >= 11 is 0. The highest BCUT2D eigenvalue weighted by Crippen LogP contribution is 2.32. The van der Waals surface area contributed by atoms with E-state index in [0.29, 0.717) is 24.9 Å². The molecule has 0 unspecified atom stereocenters. The fourth-order valence-electron chi connectivity index (χ4n) is 3.80. The number of hydrazine groups is 1. The van der Waals surface area contributed by atoms with Crippen LogP contribution in [0.3, 0.4) is 0 Å². The van der Waals surface area contributed by atoms with Gasteiger partial charge in [0.1, 0.15) is 5.54 Å². The molecule has 0 aromatic heterocycles. The zero-order chi connectivity index (χ0) is 20.3. The lowest BCUT2D eigenvalue weighted by Crippen LogP contribution is -2.52. The van der Waals surface area contributed by atoms with Gasteiger partial charge in [0.05, 0.1) is 13.7 Å². The first-order valence-corrected chi connectivity index (χ1v) is 9.32. The number of likely N-dealkylation sites (N-methyl/N-ethyl adjacent to an activating group) is 1. The number of nitrogens with one attached hydrogen (secondary N) is 2. The number of carbonyl (C=O) groups is 3. The fourth-order valence-corrected chi connectivity index (χ4v) is 3.80. The van der Waals surface area contributed by atoms with Gasteiger partial charge in [0.15, 0.2) is 11.6 Å². The number of benzene rings is 1. The van der Waals surface area contributed by atoms with Crippen LogP contribution in [0, 0.1) is 5.82 Å². The quantitative estimate of drug-likeness (QED) is 0.717. The predicted octanol–water partition coefficient (Wildman–Crippen LogP) is 1.55. The first kappa shape index (κ1) is 20.1. The van der Waals surface area contributed by atoms with Crippen molar-refractivity contribution in [2.45, 2.75) is 44.2 Å². The van der Waals surface area contributed by atoms with E-state index >= 15 is 0 Å². The van der Waals surface area contributed by atoms with E-state index in [4.69, 9.17) is 4.74 Å². The molecule has 0 radical (unpaired) electrons. The molecule has 1 saturated carbocycles. The molecule has 28 heavy (non-hydrogen) atoms. The first-order chi connectivity index (χ1) is 13.3. The number of amides is 4. The summed E-state index contributed by atoms with van der Waals surface area (Å²) in [5.41, 5.74) is 2.18. The van der Waals surface area contributed by atoms with E-state index in [1.165, 1.54) is 19.2 Å². The van der Waals surface area contributed by atoms with Crippen molar-refractivity contribution < 1.29 is 23.5 Å². The van der Waals surface area contributed by atoms with Crippen LogP contribution in [0.1, 0.15) is 37.7 Å². The SMILES string of the molecule is COc1ccc(CN(C)CC(=O)NN2C(=O)NC3(CCCCC3)C2=O)cc1F. The Labute approximate surface area is 163 Å². The number of methoxy groups -OCH3 is 1. The molecule has 2 fully saturated rings. The van der Waals surface area contributed by atoms with Crippen LogP contribution in [0.15, 0.2) is 18.2 Å². The Morgan fingerprint density at radius 2 is 2.04 bits per heavy atom. The molecule has 3 rings (SSSR count). The summed E-state index contributed by atoms with van der Waals surface area (Å²) in [5, 5.41) is 3.53. The van der Waals surface area contributed by atoms with Crippen molar-refractivity contribution >= 4 is 17.8 Å². The number of urea groups is 1. The Kier molecular flexibility index (Phi) is 5.83. The van der Waals surface area contributed by atoms with Gasteiger partial charge in [0, 0.05) is 6.54 Å². The highest BCUT2D eigenvalue weighted by atomic mass is 19.1. The molecule has 1 saturated heterocycles. The number of imide groups is 1. The van der Waals surface area contributed by atoms with Gasteiger partial charge in [-0.15, -0.1) is 0 Å². The third kappa shape index (κ3) is 4.09. The summed E-state index contributed by atoms with van der Waals surface area (Å²) in [6, 6.07) is 3.98. The third-order valence-electron chi connectivity index (χ3n) is 5.19. The number of hydrogen-bond donors (Lipinski definition) is 2. The molecule has 0 bridgehead atoms. The summed E-state index contributed by atoms with van der Waals surface area (Å²) in [7, 11) is 3.08. The highest BCUT2D eigenvalue weighted by Gasteiger charge is 2.52. The zero-order valence-electron chi connectivity index (χ0n) is 16.1.